The molecule has 0 N–H and O–H groups in total. The van der Waals surface area contributed by atoms with E-state index in [1.807, 2.05) is 18.2 Å². The summed E-state index contributed by atoms with van der Waals surface area (Å²) >= 11 is 1.76. The van der Waals surface area contributed by atoms with E-state index >= 15 is 0 Å². The molecule has 1 fully saturated rings. The molecule has 0 bridgehead atoms. The molecule has 2 heterocycles. The Kier molecular flexibility index (Phi) is 5.58. The van der Waals surface area contributed by atoms with Crippen LogP contribution >= 0.6 is 11.9 Å². The van der Waals surface area contributed by atoms with E-state index in [0.717, 1.165) is 60.8 Å². The summed E-state index contributed by atoms with van der Waals surface area (Å²) in [5.41, 5.74) is 3.77. The summed E-state index contributed by atoms with van der Waals surface area (Å²) < 4.78 is 15.3. The van der Waals surface area contributed by atoms with Crippen molar-refractivity contribution in [1.29, 1.82) is 5.26 Å². The lowest BCUT2D eigenvalue weighted by Crippen LogP contribution is -2.30. The topological polar surface area (TPSA) is 50.4 Å². The van der Waals surface area contributed by atoms with Crippen LogP contribution in [0, 0.1) is 11.3 Å². The third-order valence-corrected chi connectivity index (χ3v) is 6.14. The number of nitrogens with zero attached hydrogens (tertiary/aromatic N) is 3. The second-order valence-electron chi connectivity index (χ2n) is 6.62. The highest BCUT2D eigenvalue weighted by Crippen LogP contribution is 2.36. The fourth-order valence-corrected chi connectivity index (χ4v) is 4.55. The number of aryl methyl sites for hydroxylation is 1. The van der Waals surface area contributed by atoms with Crippen LogP contribution in [0.15, 0.2) is 47.4 Å². The van der Waals surface area contributed by atoms with Gasteiger partial charge in [0.25, 0.3) is 0 Å². The maximum atomic E-state index is 9.87. The van der Waals surface area contributed by atoms with Gasteiger partial charge in [-0.1, -0.05) is 12.1 Å². The predicted molar refractivity (Wildman–Crippen MR) is 113 cm³/mol. The van der Waals surface area contributed by atoms with Gasteiger partial charge in [0.05, 0.1) is 37.1 Å². The first-order chi connectivity index (χ1) is 13.7. The molecule has 1 aliphatic heterocycles. The molecule has 6 heteroatoms. The molecule has 3 aromatic rings. The van der Waals surface area contributed by atoms with E-state index < -0.39 is 0 Å². The lowest BCUT2D eigenvalue weighted by Gasteiger charge is -2.25. The summed E-state index contributed by atoms with van der Waals surface area (Å²) in [6.45, 7) is 6.35. The monoisotopic (exact) mass is 393 g/mol. The minimum absolute atomic E-state index is 0.716. The molecular formula is C22H23N3O2S. The second-order valence-corrected chi connectivity index (χ2v) is 7.79. The Morgan fingerprint density at radius 1 is 1.14 bits per heavy atom. The van der Waals surface area contributed by atoms with Gasteiger partial charge < -0.3 is 14.0 Å². The van der Waals surface area contributed by atoms with Gasteiger partial charge in [-0.3, -0.25) is 0 Å². The number of hydrogen-bond donors (Lipinski definition) is 0. The Bertz CT molecular complexity index is 1010. The van der Waals surface area contributed by atoms with Gasteiger partial charge in [-0.15, -0.1) is 0 Å². The van der Waals surface area contributed by atoms with Crippen LogP contribution in [0.1, 0.15) is 12.5 Å². The van der Waals surface area contributed by atoms with Crippen LogP contribution in [0.2, 0.25) is 0 Å². The van der Waals surface area contributed by atoms with Crippen LogP contribution in [0.3, 0.4) is 0 Å². The highest BCUT2D eigenvalue weighted by atomic mass is 32.2. The van der Waals surface area contributed by atoms with Gasteiger partial charge in [-0.05, 0) is 48.7 Å². The quantitative estimate of drug-likeness (QED) is 0.595. The first-order valence-electron chi connectivity index (χ1n) is 9.46. The SMILES string of the molecule is CCn1c(-c2ccc(SN3CCOCC3)cc2)c(C#N)c2ccc(OC)cc21. The molecule has 5 nitrogen and oxygen atoms in total. The highest BCUT2D eigenvalue weighted by molar-refractivity contribution is 7.97. The fourth-order valence-electron chi connectivity index (χ4n) is 3.66. The van der Waals surface area contributed by atoms with E-state index in [-0.39, 0.29) is 0 Å². The molecule has 0 aliphatic carbocycles. The van der Waals surface area contributed by atoms with Gasteiger partial charge >= 0.3 is 0 Å². The summed E-state index contributed by atoms with van der Waals surface area (Å²) in [5.74, 6) is 0.799. The predicted octanol–water partition coefficient (Wildman–Crippen LogP) is 4.55. The normalized spacial score (nSPS) is 14.9. The first-order valence-corrected chi connectivity index (χ1v) is 10.2. The largest absolute Gasteiger partial charge is 0.497 e. The molecule has 2 aromatic carbocycles. The number of methoxy groups -OCH3 is 1. The minimum atomic E-state index is 0.716. The maximum absolute atomic E-state index is 9.87. The number of aromatic nitrogens is 1. The van der Waals surface area contributed by atoms with Crippen molar-refractivity contribution in [2.45, 2.75) is 18.4 Å². The first kappa shape index (κ1) is 18.9. The van der Waals surface area contributed by atoms with E-state index in [0.29, 0.717) is 5.56 Å². The van der Waals surface area contributed by atoms with Crippen LogP contribution in [-0.2, 0) is 11.3 Å². The average Bonchev–Trinajstić information content (AvgIpc) is 3.07. The summed E-state index contributed by atoms with van der Waals surface area (Å²) in [6.07, 6.45) is 0. The van der Waals surface area contributed by atoms with Gasteiger partial charge in [0.1, 0.15) is 11.8 Å². The number of benzene rings is 2. The lowest BCUT2D eigenvalue weighted by molar-refractivity contribution is 0.0773. The van der Waals surface area contributed by atoms with E-state index in [4.69, 9.17) is 9.47 Å². The van der Waals surface area contributed by atoms with Gasteiger partial charge in [0.15, 0.2) is 0 Å². The van der Waals surface area contributed by atoms with Crippen LogP contribution in [0.5, 0.6) is 5.75 Å². The molecule has 4 rings (SSSR count). The smallest absolute Gasteiger partial charge is 0.120 e. The van der Waals surface area contributed by atoms with E-state index in [1.54, 1.807) is 19.1 Å². The molecule has 1 aromatic heterocycles. The van der Waals surface area contributed by atoms with Crippen LogP contribution in [0.25, 0.3) is 22.2 Å². The lowest BCUT2D eigenvalue weighted by atomic mass is 10.1. The third kappa shape index (κ3) is 3.49. The zero-order valence-electron chi connectivity index (χ0n) is 16.1. The second kappa shape index (κ2) is 8.27. The van der Waals surface area contributed by atoms with Gasteiger partial charge in [-0.25, -0.2) is 4.31 Å². The molecule has 0 unspecified atom stereocenters. The van der Waals surface area contributed by atoms with Crippen LogP contribution < -0.4 is 4.74 Å². The van der Waals surface area contributed by atoms with Crippen molar-refractivity contribution in [1.82, 2.24) is 8.87 Å². The number of fused-ring (bicyclic) bond motifs is 1. The third-order valence-electron chi connectivity index (χ3n) is 5.03. The van der Waals surface area contributed by atoms with Crippen molar-refractivity contribution in [2.75, 3.05) is 33.4 Å². The molecule has 1 aliphatic rings. The number of morpholine rings is 1. The molecule has 28 heavy (non-hydrogen) atoms. The highest BCUT2D eigenvalue weighted by Gasteiger charge is 2.19. The molecule has 144 valence electrons. The Labute approximate surface area is 169 Å². The summed E-state index contributed by atoms with van der Waals surface area (Å²) in [7, 11) is 1.66. The molecule has 0 saturated carbocycles. The van der Waals surface area contributed by atoms with Crippen molar-refractivity contribution >= 4 is 22.9 Å². The fraction of sp³-hybridized carbons (Fsp3) is 0.318. The Hall–Kier alpha value is -2.46. The van der Waals surface area contributed by atoms with Crippen molar-refractivity contribution < 1.29 is 9.47 Å². The standard InChI is InChI=1S/C22H23N3O2S/c1-3-25-21-14-17(26-2)6-9-19(21)20(15-23)22(25)16-4-7-18(8-5-16)28-24-10-12-27-13-11-24/h4-9,14H,3,10-13H2,1-2H3. The number of nitriles is 1. The van der Waals surface area contributed by atoms with Crippen molar-refractivity contribution in [2.24, 2.45) is 0 Å². The zero-order chi connectivity index (χ0) is 19.5. The minimum Gasteiger partial charge on any atom is -0.497 e. The van der Waals surface area contributed by atoms with Crippen LogP contribution in [-0.4, -0.2) is 42.3 Å². The van der Waals surface area contributed by atoms with Crippen LogP contribution in [0.4, 0.5) is 0 Å². The molecule has 0 atom stereocenters. The van der Waals surface area contributed by atoms with E-state index in [9.17, 15) is 5.26 Å². The number of ether oxygens (including phenoxy) is 2. The molecule has 1 saturated heterocycles. The average molecular weight is 394 g/mol. The Balaban J connectivity index is 1.72. The Morgan fingerprint density at radius 2 is 1.89 bits per heavy atom. The summed E-state index contributed by atoms with van der Waals surface area (Å²) in [4.78, 5) is 1.20. The number of rotatable bonds is 5. The molecular weight excluding hydrogens is 370 g/mol. The molecule has 0 amide bonds. The van der Waals surface area contributed by atoms with Gasteiger partial charge in [0.2, 0.25) is 0 Å². The molecule has 0 radical (unpaired) electrons. The van der Waals surface area contributed by atoms with Crippen molar-refractivity contribution in [3.05, 3.63) is 48.0 Å². The summed E-state index contributed by atoms with van der Waals surface area (Å²) in [5, 5.41) is 10.8. The van der Waals surface area contributed by atoms with Crippen molar-refractivity contribution in [3.63, 3.8) is 0 Å². The number of hydrogen-bond acceptors (Lipinski definition) is 5. The van der Waals surface area contributed by atoms with E-state index in [1.165, 1.54) is 4.90 Å². The maximum Gasteiger partial charge on any atom is 0.120 e. The molecule has 0 spiro atoms. The van der Waals surface area contributed by atoms with Gasteiger partial charge in [0, 0.05) is 36.0 Å². The van der Waals surface area contributed by atoms with Crippen molar-refractivity contribution in [3.8, 4) is 23.1 Å². The van der Waals surface area contributed by atoms with E-state index in [2.05, 4.69) is 46.1 Å². The van der Waals surface area contributed by atoms with Gasteiger partial charge in [-0.2, -0.15) is 5.26 Å². The Morgan fingerprint density at radius 3 is 2.54 bits per heavy atom. The summed E-state index contributed by atoms with van der Waals surface area (Å²) in [6, 6.07) is 16.8. The zero-order valence-corrected chi connectivity index (χ0v) is 17.0.